The van der Waals surface area contributed by atoms with Crippen LogP contribution >= 0.6 is 11.3 Å². The molecule has 0 saturated carbocycles. The van der Waals surface area contributed by atoms with Crippen molar-refractivity contribution in [2.45, 2.75) is 0 Å². The highest BCUT2D eigenvalue weighted by atomic mass is 32.1. The number of aromatic nitrogens is 5. The van der Waals surface area contributed by atoms with E-state index in [1.165, 1.54) is 4.80 Å². The van der Waals surface area contributed by atoms with Gasteiger partial charge in [0, 0.05) is 22.7 Å². The molecule has 0 radical (unpaired) electrons. The fraction of sp³-hybridized carbons (Fsp3) is 0.0909. The molecular weight excluding hydrogens is 234 g/mol. The number of benzene rings is 1. The van der Waals surface area contributed by atoms with Crippen molar-refractivity contribution in [3.8, 4) is 22.0 Å². The van der Waals surface area contributed by atoms with Crippen LogP contribution in [0.3, 0.4) is 0 Å². The van der Waals surface area contributed by atoms with Gasteiger partial charge in [-0.1, -0.05) is 24.3 Å². The number of thiazole rings is 1. The molecule has 84 valence electrons. The summed E-state index contributed by atoms with van der Waals surface area (Å²) in [4.78, 5) is 5.71. The lowest BCUT2D eigenvalue weighted by atomic mass is 10.1. The zero-order valence-electron chi connectivity index (χ0n) is 9.11. The van der Waals surface area contributed by atoms with Crippen LogP contribution in [0.2, 0.25) is 0 Å². The molecule has 0 aliphatic carbocycles. The third kappa shape index (κ3) is 1.94. The molecule has 0 saturated heterocycles. The molecule has 0 fully saturated rings. The second-order valence-electron chi connectivity index (χ2n) is 3.52. The SMILES string of the molecule is Cn1nnc(-c2ccc(-c3nccs3)cc2)n1. The molecule has 1 aromatic carbocycles. The third-order valence-corrected chi connectivity index (χ3v) is 3.15. The van der Waals surface area contributed by atoms with Crippen molar-refractivity contribution in [1.82, 2.24) is 25.2 Å². The van der Waals surface area contributed by atoms with Gasteiger partial charge in [-0.3, -0.25) is 0 Å². The molecule has 0 aliphatic rings. The summed E-state index contributed by atoms with van der Waals surface area (Å²) in [5.74, 6) is 0.637. The molecule has 3 aromatic rings. The van der Waals surface area contributed by atoms with E-state index in [1.54, 1.807) is 24.6 Å². The molecule has 0 amide bonds. The second-order valence-corrected chi connectivity index (χ2v) is 4.41. The fourth-order valence-corrected chi connectivity index (χ4v) is 2.17. The summed E-state index contributed by atoms with van der Waals surface area (Å²) in [6.45, 7) is 0. The van der Waals surface area contributed by atoms with Crippen LogP contribution in [0.1, 0.15) is 0 Å². The van der Waals surface area contributed by atoms with Crippen molar-refractivity contribution < 1.29 is 0 Å². The first-order valence-electron chi connectivity index (χ1n) is 5.07. The molecule has 5 nitrogen and oxygen atoms in total. The lowest BCUT2D eigenvalue weighted by Crippen LogP contribution is -1.91. The molecule has 0 bridgehead atoms. The van der Waals surface area contributed by atoms with Crippen LogP contribution < -0.4 is 0 Å². The number of hydrogen-bond donors (Lipinski definition) is 0. The summed E-state index contributed by atoms with van der Waals surface area (Å²) in [7, 11) is 1.75. The highest BCUT2D eigenvalue weighted by Gasteiger charge is 2.05. The molecule has 17 heavy (non-hydrogen) atoms. The largest absolute Gasteiger partial charge is 0.245 e. The lowest BCUT2D eigenvalue weighted by molar-refractivity contribution is 0.630. The minimum atomic E-state index is 0.637. The zero-order valence-corrected chi connectivity index (χ0v) is 9.92. The van der Waals surface area contributed by atoms with Crippen molar-refractivity contribution in [3.63, 3.8) is 0 Å². The van der Waals surface area contributed by atoms with E-state index in [0.29, 0.717) is 5.82 Å². The molecule has 0 atom stereocenters. The van der Waals surface area contributed by atoms with Gasteiger partial charge in [-0.05, 0) is 5.21 Å². The highest BCUT2D eigenvalue weighted by molar-refractivity contribution is 7.13. The summed E-state index contributed by atoms with van der Waals surface area (Å²) in [5.41, 5.74) is 2.06. The van der Waals surface area contributed by atoms with E-state index in [-0.39, 0.29) is 0 Å². The minimum Gasteiger partial charge on any atom is -0.245 e. The number of aryl methyl sites for hydroxylation is 1. The molecule has 2 heterocycles. The van der Waals surface area contributed by atoms with Gasteiger partial charge in [0.2, 0.25) is 5.82 Å². The van der Waals surface area contributed by atoms with E-state index in [4.69, 9.17) is 0 Å². The summed E-state index contributed by atoms with van der Waals surface area (Å²) in [6.07, 6.45) is 1.80. The van der Waals surface area contributed by atoms with Gasteiger partial charge < -0.3 is 0 Å². The Kier molecular flexibility index (Phi) is 2.41. The van der Waals surface area contributed by atoms with Crippen LogP contribution in [0.15, 0.2) is 35.8 Å². The van der Waals surface area contributed by atoms with E-state index >= 15 is 0 Å². The predicted octanol–water partition coefficient (Wildman–Crippen LogP) is 2.00. The van der Waals surface area contributed by atoms with E-state index in [1.807, 2.05) is 29.6 Å². The zero-order chi connectivity index (χ0) is 11.7. The topological polar surface area (TPSA) is 56.5 Å². The van der Waals surface area contributed by atoms with E-state index in [9.17, 15) is 0 Å². The summed E-state index contributed by atoms with van der Waals surface area (Å²) in [5, 5.41) is 14.9. The van der Waals surface area contributed by atoms with Crippen molar-refractivity contribution >= 4 is 11.3 Å². The van der Waals surface area contributed by atoms with Gasteiger partial charge in [0.15, 0.2) is 0 Å². The van der Waals surface area contributed by atoms with Gasteiger partial charge in [-0.15, -0.1) is 21.5 Å². The van der Waals surface area contributed by atoms with Crippen LogP contribution in [0.25, 0.3) is 22.0 Å². The molecule has 0 N–H and O–H groups in total. The lowest BCUT2D eigenvalue weighted by Gasteiger charge is -1.97. The Hall–Kier alpha value is -2.08. The maximum atomic E-state index is 4.26. The molecular formula is C11H9N5S. The van der Waals surface area contributed by atoms with Crippen LogP contribution in [0.5, 0.6) is 0 Å². The van der Waals surface area contributed by atoms with Crippen LogP contribution in [0, 0.1) is 0 Å². The van der Waals surface area contributed by atoms with Crippen molar-refractivity contribution in [2.24, 2.45) is 7.05 Å². The van der Waals surface area contributed by atoms with Crippen molar-refractivity contribution in [2.75, 3.05) is 0 Å². The van der Waals surface area contributed by atoms with E-state index in [2.05, 4.69) is 20.4 Å². The Labute approximate surface area is 102 Å². The van der Waals surface area contributed by atoms with E-state index in [0.717, 1.165) is 16.1 Å². The molecule has 0 aliphatic heterocycles. The third-order valence-electron chi connectivity index (χ3n) is 2.33. The maximum absolute atomic E-state index is 4.26. The van der Waals surface area contributed by atoms with Crippen LogP contribution in [-0.4, -0.2) is 25.2 Å². The van der Waals surface area contributed by atoms with Gasteiger partial charge in [-0.25, -0.2) is 4.98 Å². The number of nitrogens with zero attached hydrogens (tertiary/aromatic N) is 5. The summed E-state index contributed by atoms with van der Waals surface area (Å²) < 4.78 is 0. The van der Waals surface area contributed by atoms with Gasteiger partial charge in [-0.2, -0.15) is 4.80 Å². The van der Waals surface area contributed by atoms with Crippen LogP contribution in [0.4, 0.5) is 0 Å². The summed E-state index contributed by atoms with van der Waals surface area (Å²) in [6, 6.07) is 8.00. The second kappa shape index (κ2) is 4.06. The van der Waals surface area contributed by atoms with Gasteiger partial charge in [0.1, 0.15) is 5.01 Å². The molecule has 6 heteroatoms. The Morgan fingerprint density at radius 2 is 1.88 bits per heavy atom. The molecule has 0 spiro atoms. The average molecular weight is 243 g/mol. The Morgan fingerprint density at radius 3 is 2.47 bits per heavy atom. The Bertz CT molecular complexity index is 612. The normalized spacial score (nSPS) is 10.6. The number of rotatable bonds is 2. The Morgan fingerprint density at radius 1 is 1.12 bits per heavy atom. The first kappa shape index (κ1) is 10.1. The average Bonchev–Trinajstić information content (AvgIpc) is 3.00. The van der Waals surface area contributed by atoms with Gasteiger partial charge >= 0.3 is 0 Å². The standard InChI is InChI=1S/C11H9N5S/c1-16-14-10(13-15-16)8-2-4-9(5-3-8)11-12-6-7-17-11/h2-7H,1H3. The molecule has 3 rings (SSSR count). The predicted molar refractivity (Wildman–Crippen MR) is 65.3 cm³/mol. The smallest absolute Gasteiger partial charge is 0.204 e. The van der Waals surface area contributed by atoms with Gasteiger partial charge in [0.05, 0.1) is 7.05 Å². The Balaban J connectivity index is 1.95. The quantitative estimate of drug-likeness (QED) is 0.690. The maximum Gasteiger partial charge on any atom is 0.204 e. The van der Waals surface area contributed by atoms with Gasteiger partial charge in [0.25, 0.3) is 0 Å². The fourth-order valence-electron chi connectivity index (χ4n) is 1.53. The highest BCUT2D eigenvalue weighted by Crippen LogP contribution is 2.24. The number of tetrazole rings is 1. The monoisotopic (exact) mass is 243 g/mol. The first-order valence-corrected chi connectivity index (χ1v) is 5.95. The summed E-state index contributed by atoms with van der Waals surface area (Å²) >= 11 is 1.62. The molecule has 0 unspecified atom stereocenters. The van der Waals surface area contributed by atoms with Crippen molar-refractivity contribution in [1.29, 1.82) is 0 Å². The minimum absolute atomic E-state index is 0.637. The van der Waals surface area contributed by atoms with Crippen LogP contribution in [-0.2, 0) is 7.05 Å². The molecule has 2 aromatic heterocycles. The number of hydrogen-bond acceptors (Lipinski definition) is 5. The first-order chi connectivity index (χ1) is 8.33. The van der Waals surface area contributed by atoms with E-state index < -0.39 is 0 Å². The van der Waals surface area contributed by atoms with Crippen molar-refractivity contribution in [3.05, 3.63) is 35.8 Å².